The summed E-state index contributed by atoms with van der Waals surface area (Å²) in [5.41, 5.74) is 1.02. The molecule has 1 amide bonds. The van der Waals surface area contributed by atoms with Gasteiger partial charge in [-0.2, -0.15) is 0 Å². The topological polar surface area (TPSA) is 38.8 Å². The summed E-state index contributed by atoms with van der Waals surface area (Å²) in [5, 5.41) is 0.338. The molecule has 3 rings (SSSR count). The van der Waals surface area contributed by atoms with Gasteiger partial charge in [0.05, 0.1) is 13.2 Å². The first-order chi connectivity index (χ1) is 13.2. The highest BCUT2D eigenvalue weighted by atomic mass is 35.5. The molecule has 0 aromatic heterocycles. The van der Waals surface area contributed by atoms with E-state index in [4.69, 9.17) is 16.3 Å². The zero-order valence-electron chi connectivity index (χ0n) is 14.7. The van der Waals surface area contributed by atoms with E-state index in [2.05, 4.69) is 4.74 Å². The summed E-state index contributed by atoms with van der Waals surface area (Å²) in [5.74, 6) is -0.655. The van der Waals surface area contributed by atoms with Gasteiger partial charge in [0, 0.05) is 23.6 Å². The van der Waals surface area contributed by atoms with Crippen LogP contribution in [-0.2, 0) is 11.3 Å². The minimum absolute atomic E-state index is 0.00456. The van der Waals surface area contributed by atoms with Crippen LogP contribution < -0.4 is 9.47 Å². The number of ether oxygens (including phenoxy) is 2. The smallest absolute Gasteiger partial charge is 0.496 e. The Morgan fingerprint density at radius 2 is 1.86 bits per heavy atom. The molecule has 1 saturated heterocycles. The molecule has 2 aromatic rings. The molecular weight excluding hydrogens is 402 g/mol. The average molecular weight is 418 g/mol. The lowest BCUT2D eigenvalue weighted by Crippen LogP contribution is -2.29. The Balaban J connectivity index is 1.86. The Labute approximate surface area is 163 Å². The number of hydrogen-bond acceptors (Lipinski definition) is 3. The van der Waals surface area contributed by atoms with E-state index >= 15 is 0 Å². The Morgan fingerprint density at radius 1 is 1.18 bits per heavy atom. The highest BCUT2D eigenvalue weighted by Gasteiger charge is 2.42. The molecule has 0 saturated carbocycles. The number of halogens is 5. The van der Waals surface area contributed by atoms with E-state index in [9.17, 15) is 22.4 Å². The van der Waals surface area contributed by atoms with Crippen molar-refractivity contribution in [2.75, 3.05) is 7.11 Å². The number of nitrogens with zero attached hydrogens (tertiary/aromatic N) is 1. The van der Waals surface area contributed by atoms with Gasteiger partial charge in [-0.3, -0.25) is 4.79 Å². The van der Waals surface area contributed by atoms with E-state index in [0.29, 0.717) is 21.9 Å². The number of amides is 1. The molecule has 2 aromatic carbocycles. The van der Waals surface area contributed by atoms with Gasteiger partial charge >= 0.3 is 6.36 Å². The molecule has 150 valence electrons. The van der Waals surface area contributed by atoms with Crippen molar-refractivity contribution in [2.45, 2.75) is 31.5 Å². The second-order valence-electron chi connectivity index (χ2n) is 6.23. The van der Waals surface area contributed by atoms with Gasteiger partial charge in [0.2, 0.25) is 0 Å². The van der Waals surface area contributed by atoms with Crippen LogP contribution in [0.4, 0.5) is 17.6 Å². The molecule has 1 fully saturated rings. The molecule has 1 aliphatic heterocycles. The average Bonchev–Trinajstić information content (AvgIpc) is 2.90. The summed E-state index contributed by atoms with van der Waals surface area (Å²) in [6.45, 7) is 0.00456. The second kappa shape index (κ2) is 7.87. The van der Waals surface area contributed by atoms with Gasteiger partial charge in [0.25, 0.3) is 5.91 Å². The van der Waals surface area contributed by atoms with Crippen LogP contribution in [0.5, 0.6) is 11.5 Å². The van der Waals surface area contributed by atoms with Crippen LogP contribution in [0.3, 0.4) is 0 Å². The summed E-state index contributed by atoms with van der Waals surface area (Å²) in [6, 6.07) is 9.37. The Hall–Kier alpha value is -2.48. The van der Waals surface area contributed by atoms with Crippen molar-refractivity contribution >= 4 is 17.5 Å². The van der Waals surface area contributed by atoms with Gasteiger partial charge in [0.15, 0.2) is 6.17 Å². The van der Waals surface area contributed by atoms with Crippen molar-refractivity contribution in [3.8, 4) is 11.5 Å². The van der Waals surface area contributed by atoms with E-state index in [0.717, 1.165) is 12.1 Å². The predicted molar refractivity (Wildman–Crippen MR) is 93.9 cm³/mol. The minimum Gasteiger partial charge on any atom is -0.496 e. The molecule has 1 heterocycles. The van der Waals surface area contributed by atoms with E-state index in [-0.39, 0.29) is 18.7 Å². The highest BCUT2D eigenvalue weighted by molar-refractivity contribution is 6.31. The van der Waals surface area contributed by atoms with Crippen LogP contribution in [0, 0.1) is 0 Å². The number of carbonyl (C=O) groups is 1. The van der Waals surface area contributed by atoms with Crippen LogP contribution in [0.2, 0.25) is 5.02 Å². The fraction of sp³-hybridized carbons (Fsp3) is 0.316. The normalized spacial score (nSPS) is 19.8. The third-order valence-corrected chi connectivity index (χ3v) is 4.76. The van der Waals surface area contributed by atoms with E-state index in [1.165, 1.54) is 24.1 Å². The molecule has 0 aliphatic carbocycles. The lowest BCUT2D eigenvalue weighted by molar-refractivity contribution is -0.274. The molecule has 0 bridgehead atoms. The predicted octanol–water partition coefficient (Wildman–Crippen LogP) is 5.06. The summed E-state index contributed by atoms with van der Waals surface area (Å²) in [6.07, 6.45) is -6.58. The lowest BCUT2D eigenvalue weighted by atomic mass is 10.0. The van der Waals surface area contributed by atoms with Gasteiger partial charge in [-0.1, -0.05) is 29.8 Å². The molecule has 0 spiro atoms. The summed E-state index contributed by atoms with van der Waals surface area (Å²) >= 11 is 6.27. The van der Waals surface area contributed by atoms with Crippen molar-refractivity contribution in [1.82, 2.24) is 4.90 Å². The maximum Gasteiger partial charge on any atom is 0.573 e. The summed E-state index contributed by atoms with van der Waals surface area (Å²) in [7, 11) is 1.45. The highest BCUT2D eigenvalue weighted by Crippen LogP contribution is 2.43. The van der Waals surface area contributed by atoms with E-state index < -0.39 is 24.5 Å². The summed E-state index contributed by atoms with van der Waals surface area (Å²) in [4.78, 5) is 13.7. The molecule has 4 nitrogen and oxygen atoms in total. The Bertz CT molecular complexity index is 857. The molecule has 1 aliphatic rings. The number of likely N-dealkylation sites (tertiary alicyclic amines) is 1. The molecule has 2 atom stereocenters. The van der Waals surface area contributed by atoms with E-state index in [1.807, 2.05) is 0 Å². The quantitative estimate of drug-likeness (QED) is 0.638. The lowest BCUT2D eigenvalue weighted by Gasteiger charge is -2.27. The number of carbonyl (C=O) groups excluding carboxylic acids is 1. The van der Waals surface area contributed by atoms with Gasteiger partial charge in [-0.15, -0.1) is 13.2 Å². The molecular formula is C19H16ClF4NO3. The number of benzene rings is 2. The van der Waals surface area contributed by atoms with Gasteiger partial charge < -0.3 is 14.4 Å². The van der Waals surface area contributed by atoms with Crippen LogP contribution in [0.1, 0.15) is 23.6 Å². The Kier molecular flexibility index (Phi) is 5.69. The van der Waals surface area contributed by atoms with Crippen LogP contribution in [0.25, 0.3) is 0 Å². The number of rotatable bonds is 5. The zero-order chi connectivity index (χ0) is 20.5. The number of methoxy groups -OCH3 is 1. The first kappa shape index (κ1) is 20.3. The monoisotopic (exact) mass is 417 g/mol. The van der Waals surface area contributed by atoms with Crippen LogP contribution >= 0.6 is 11.6 Å². The SMILES string of the molecule is COc1cccc(Cl)c1[C@@H]1C[C@H](F)C(=O)N1Cc1ccc(OC(F)(F)F)cc1. The number of alkyl halides is 4. The number of hydrogen-bond donors (Lipinski definition) is 0. The second-order valence-corrected chi connectivity index (χ2v) is 6.64. The summed E-state index contributed by atoms with van der Waals surface area (Å²) < 4.78 is 60.1. The van der Waals surface area contributed by atoms with Crippen LogP contribution in [-0.4, -0.2) is 30.5 Å². The first-order valence-corrected chi connectivity index (χ1v) is 8.69. The largest absolute Gasteiger partial charge is 0.573 e. The maximum atomic E-state index is 14.2. The molecule has 28 heavy (non-hydrogen) atoms. The minimum atomic E-state index is -4.79. The third-order valence-electron chi connectivity index (χ3n) is 4.43. The molecule has 0 unspecified atom stereocenters. The standard InChI is InChI=1S/C19H16ClF4NO3/c1-27-16-4-2-3-13(20)17(16)15-9-14(21)18(26)25(15)10-11-5-7-12(8-6-11)28-19(22,23)24/h2-8,14-15H,9-10H2,1H3/t14-,15-/m0/s1. The first-order valence-electron chi connectivity index (χ1n) is 8.31. The fourth-order valence-electron chi connectivity index (χ4n) is 3.23. The van der Waals surface area contributed by atoms with Crippen LogP contribution in [0.15, 0.2) is 42.5 Å². The third kappa shape index (κ3) is 4.32. The molecule has 0 radical (unpaired) electrons. The Morgan fingerprint density at radius 3 is 2.46 bits per heavy atom. The maximum absolute atomic E-state index is 14.2. The van der Waals surface area contributed by atoms with E-state index in [1.54, 1.807) is 18.2 Å². The van der Waals surface area contributed by atoms with Crippen molar-refractivity contribution in [3.63, 3.8) is 0 Å². The van der Waals surface area contributed by atoms with Crippen molar-refractivity contribution in [3.05, 3.63) is 58.6 Å². The van der Waals surface area contributed by atoms with Crippen molar-refractivity contribution in [2.24, 2.45) is 0 Å². The van der Waals surface area contributed by atoms with Gasteiger partial charge in [0.1, 0.15) is 11.5 Å². The zero-order valence-corrected chi connectivity index (χ0v) is 15.4. The fourth-order valence-corrected chi connectivity index (χ4v) is 3.52. The van der Waals surface area contributed by atoms with Crippen molar-refractivity contribution < 1.29 is 31.8 Å². The van der Waals surface area contributed by atoms with Gasteiger partial charge in [-0.25, -0.2) is 4.39 Å². The van der Waals surface area contributed by atoms with Crippen molar-refractivity contribution in [1.29, 1.82) is 0 Å². The van der Waals surface area contributed by atoms with Gasteiger partial charge in [-0.05, 0) is 29.8 Å². The molecule has 9 heteroatoms. The molecule has 0 N–H and O–H groups in total.